The summed E-state index contributed by atoms with van der Waals surface area (Å²) in [5.41, 5.74) is 10.8. The van der Waals surface area contributed by atoms with Crippen molar-refractivity contribution < 1.29 is 18.3 Å². The standard InChI is InChI=1S/C11H17N3O4S/c1-7(4-5-15)14-19(17,18)10-3-2-8(11(13)16)6-9(10)12/h2-3,6-7,14-15H,4-5,12H2,1H3,(H2,13,16). The first kappa shape index (κ1) is 15.4. The Bertz CT molecular complexity index is 571. The van der Waals surface area contributed by atoms with Crippen molar-refractivity contribution in [3.05, 3.63) is 23.8 Å². The molecule has 0 bridgehead atoms. The Morgan fingerprint density at radius 1 is 1.47 bits per heavy atom. The molecule has 1 rings (SSSR count). The van der Waals surface area contributed by atoms with Gasteiger partial charge in [0.25, 0.3) is 0 Å². The number of hydrogen-bond donors (Lipinski definition) is 4. The van der Waals surface area contributed by atoms with Gasteiger partial charge in [0.05, 0.1) is 5.69 Å². The fourth-order valence-electron chi connectivity index (χ4n) is 1.53. The zero-order valence-corrected chi connectivity index (χ0v) is 11.3. The van der Waals surface area contributed by atoms with Gasteiger partial charge in [-0.25, -0.2) is 13.1 Å². The number of nitrogens with one attached hydrogen (secondary N) is 1. The minimum absolute atomic E-state index is 0.0556. The first-order valence-corrected chi connectivity index (χ1v) is 7.08. The van der Waals surface area contributed by atoms with Crippen molar-refractivity contribution >= 4 is 21.6 Å². The molecule has 8 heteroatoms. The maximum atomic E-state index is 12.0. The van der Waals surface area contributed by atoms with E-state index in [0.29, 0.717) is 6.42 Å². The van der Waals surface area contributed by atoms with E-state index in [-0.39, 0.29) is 22.8 Å². The lowest BCUT2D eigenvalue weighted by Gasteiger charge is -2.14. The second-order valence-electron chi connectivity index (χ2n) is 4.15. The molecule has 0 saturated carbocycles. The Kier molecular flexibility index (Phi) is 4.87. The number of aliphatic hydroxyl groups is 1. The van der Waals surface area contributed by atoms with Crippen molar-refractivity contribution in [1.29, 1.82) is 0 Å². The second kappa shape index (κ2) is 6.00. The van der Waals surface area contributed by atoms with Crippen LogP contribution in [0.1, 0.15) is 23.7 Å². The third-order valence-electron chi connectivity index (χ3n) is 2.50. The molecule has 0 aliphatic rings. The molecule has 7 nitrogen and oxygen atoms in total. The molecule has 0 heterocycles. The van der Waals surface area contributed by atoms with Crippen molar-refractivity contribution in [2.45, 2.75) is 24.3 Å². The molecule has 19 heavy (non-hydrogen) atoms. The van der Waals surface area contributed by atoms with Gasteiger partial charge in [-0.3, -0.25) is 4.79 Å². The highest BCUT2D eigenvalue weighted by molar-refractivity contribution is 7.89. The van der Waals surface area contributed by atoms with Crippen molar-refractivity contribution in [3.63, 3.8) is 0 Å². The number of amides is 1. The predicted octanol–water partition coefficient (Wildman–Crippen LogP) is -0.583. The maximum Gasteiger partial charge on any atom is 0.248 e. The molecular weight excluding hydrogens is 270 g/mol. The summed E-state index contributed by atoms with van der Waals surface area (Å²) in [5.74, 6) is -0.683. The van der Waals surface area contributed by atoms with E-state index >= 15 is 0 Å². The smallest absolute Gasteiger partial charge is 0.248 e. The number of aliphatic hydroxyl groups excluding tert-OH is 1. The molecule has 1 atom stereocenters. The highest BCUT2D eigenvalue weighted by atomic mass is 32.2. The van der Waals surface area contributed by atoms with Crippen LogP contribution in [0.3, 0.4) is 0 Å². The average Bonchev–Trinajstić information content (AvgIpc) is 2.27. The molecule has 106 valence electrons. The summed E-state index contributed by atoms with van der Waals surface area (Å²) in [6.45, 7) is 1.50. The van der Waals surface area contributed by atoms with Gasteiger partial charge in [-0.2, -0.15) is 0 Å². The van der Waals surface area contributed by atoms with Gasteiger partial charge < -0.3 is 16.6 Å². The maximum absolute atomic E-state index is 12.0. The van der Waals surface area contributed by atoms with E-state index in [4.69, 9.17) is 16.6 Å². The number of benzene rings is 1. The van der Waals surface area contributed by atoms with Crippen molar-refractivity contribution in [2.75, 3.05) is 12.3 Å². The SMILES string of the molecule is CC(CCO)NS(=O)(=O)c1ccc(C(N)=O)cc1N. The molecule has 0 radical (unpaired) electrons. The highest BCUT2D eigenvalue weighted by Crippen LogP contribution is 2.20. The van der Waals surface area contributed by atoms with Gasteiger partial charge in [0, 0.05) is 18.2 Å². The molecule has 0 aliphatic heterocycles. The summed E-state index contributed by atoms with van der Waals surface area (Å²) < 4.78 is 26.4. The van der Waals surface area contributed by atoms with Crippen LogP contribution in [0.4, 0.5) is 5.69 Å². The first-order chi connectivity index (χ1) is 8.77. The molecule has 6 N–H and O–H groups in total. The van der Waals surface area contributed by atoms with Gasteiger partial charge in [0.15, 0.2) is 0 Å². The zero-order chi connectivity index (χ0) is 14.6. The lowest BCUT2D eigenvalue weighted by atomic mass is 10.2. The number of sulfonamides is 1. The van der Waals surface area contributed by atoms with E-state index in [2.05, 4.69) is 4.72 Å². The molecule has 0 spiro atoms. The quantitative estimate of drug-likeness (QED) is 0.519. The minimum Gasteiger partial charge on any atom is -0.398 e. The van der Waals surface area contributed by atoms with Gasteiger partial charge in [-0.05, 0) is 31.5 Å². The number of carbonyl (C=O) groups is 1. The van der Waals surface area contributed by atoms with Gasteiger partial charge in [0.1, 0.15) is 4.90 Å². The van der Waals surface area contributed by atoms with E-state index < -0.39 is 22.0 Å². The lowest BCUT2D eigenvalue weighted by molar-refractivity contribution is 0.1000. The van der Waals surface area contributed by atoms with Gasteiger partial charge in [0.2, 0.25) is 15.9 Å². The topological polar surface area (TPSA) is 136 Å². The summed E-state index contributed by atoms with van der Waals surface area (Å²) in [6, 6.07) is 3.31. The third-order valence-corrected chi connectivity index (χ3v) is 4.17. The molecule has 0 aromatic heterocycles. The van der Waals surface area contributed by atoms with Crippen LogP contribution in [0.25, 0.3) is 0 Å². The van der Waals surface area contributed by atoms with Gasteiger partial charge in [-0.15, -0.1) is 0 Å². The molecule has 1 unspecified atom stereocenters. The summed E-state index contributed by atoms with van der Waals surface area (Å²) in [6.07, 6.45) is 0.290. The van der Waals surface area contributed by atoms with Crippen molar-refractivity contribution in [3.8, 4) is 0 Å². The largest absolute Gasteiger partial charge is 0.398 e. The Balaban J connectivity index is 3.05. The summed E-state index contributed by atoms with van der Waals surface area (Å²) >= 11 is 0. The number of nitrogens with two attached hydrogens (primary N) is 2. The normalized spacial score (nSPS) is 13.2. The van der Waals surface area contributed by atoms with Crippen LogP contribution in [-0.4, -0.2) is 32.1 Å². The fourth-order valence-corrected chi connectivity index (χ4v) is 2.92. The Morgan fingerprint density at radius 3 is 2.58 bits per heavy atom. The van der Waals surface area contributed by atoms with Crippen molar-refractivity contribution in [1.82, 2.24) is 4.72 Å². The van der Waals surface area contributed by atoms with Gasteiger partial charge >= 0.3 is 0 Å². The summed E-state index contributed by atoms with van der Waals surface area (Å²) in [4.78, 5) is 10.8. The number of carbonyl (C=O) groups excluding carboxylic acids is 1. The first-order valence-electron chi connectivity index (χ1n) is 5.60. The van der Waals surface area contributed by atoms with E-state index in [1.54, 1.807) is 6.92 Å². The van der Waals surface area contributed by atoms with Crippen LogP contribution in [0, 0.1) is 0 Å². The second-order valence-corrected chi connectivity index (χ2v) is 5.83. The minimum atomic E-state index is -3.79. The number of hydrogen-bond acceptors (Lipinski definition) is 5. The van der Waals surface area contributed by atoms with E-state index in [1.807, 2.05) is 0 Å². The van der Waals surface area contributed by atoms with E-state index in [9.17, 15) is 13.2 Å². The highest BCUT2D eigenvalue weighted by Gasteiger charge is 2.20. The van der Waals surface area contributed by atoms with Crippen LogP contribution >= 0.6 is 0 Å². The molecule has 1 aromatic carbocycles. The number of primary amides is 1. The van der Waals surface area contributed by atoms with Crippen LogP contribution < -0.4 is 16.2 Å². The zero-order valence-electron chi connectivity index (χ0n) is 10.5. The van der Waals surface area contributed by atoms with Crippen LogP contribution in [-0.2, 0) is 10.0 Å². The number of rotatable bonds is 6. The van der Waals surface area contributed by atoms with Crippen LogP contribution in [0.15, 0.2) is 23.1 Å². The lowest BCUT2D eigenvalue weighted by Crippen LogP contribution is -2.33. The Hall–Kier alpha value is -1.64. The summed E-state index contributed by atoms with van der Waals surface area (Å²) in [5, 5.41) is 8.75. The third kappa shape index (κ3) is 3.91. The Labute approximate surface area is 111 Å². The monoisotopic (exact) mass is 287 g/mol. The van der Waals surface area contributed by atoms with E-state index in [0.717, 1.165) is 0 Å². The van der Waals surface area contributed by atoms with Crippen LogP contribution in [0.2, 0.25) is 0 Å². The molecule has 1 amide bonds. The molecule has 0 aliphatic carbocycles. The summed E-state index contributed by atoms with van der Waals surface area (Å²) in [7, 11) is -3.79. The number of anilines is 1. The van der Waals surface area contributed by atoms with Crippen LogP contribution in [0.5, 0.6) is 0 Å². The molecule has 0 fully saturated rings. The molecular formula is C11H17N3O4S. The van der Waals surface area contributed by atoms with Crippen molar-refractivity contribution in [2.24, 2.45) is 5.73 Å². The number of nitrogen functional groups attached to an aromatic ring is 1. The van der Waals surface area contributed by atoms with E-state index in [1.165, 1.54) is 18.2 Å². The molecule has 0 saturated heterocycles. The fraction of sp³-hybridized carbons (Fsp3) is 0.364. The molecule has 1 aromatic rings. The predicted molar refractivity (Wildman–Crippen MR) is 70.9 cm³/mol. The van der Waals surface area contributed by atoms with Gasteiger partial charge in [-0.1, -0.05) is 0 Å². The Morgan fingerprint density at radius 2 is 2.11 bits per heavy atom. The average molecular weight is 287 g/mol.